The van der Waals surface area contributed by atoms with Crippen molar-refractivity contribution in [1.82, 2.24) is 14.8 Å². The van der Waals surface area contributed by atoms with Crippen LogP contribution in [0.15, 0.2) is 24.4 Å². The van der Waals surface area contributed by atoms with E-state index in [1.165, 1.54) is 0 Å². The van der Waals surface area contributed by atoms with Crippen LogP contribution in [0.2, 0.25) is 0 Å². The molecule has 16 heavy (non-hydrogen) atoms. The zero-order valence-electron chi connectivity index (χ0n) is 9.10. The summed E-state index contributed by atoms with van der Waals surface area (Å²) >= 11 is 0. The lowest BCUT2D eigenvalue weighted by Gasteiger charge is -2.05. The van der Waals surface area contributed by atoms with Crippen molar-refractivity contribution in [3.63, 3.8) is 0 Å². The molecule has 2 rings (SSSR count). The summed E-state index contributed by atoms with van der Waals surface area (Å²) in [6.07, 6.45) is 1.72. The SMILES string of the molecule is CNc1nc(-c2ccnn2C)ccc1C#N. The van der Waals surface area contributed by atoms with E-state index in [0.717, 1.165) is 11.4 Å². The predicted molar refractivity (Wildman–Crippen MR) is 60.7 cm³/mol. The molecule has 0 amide bonds. The fraction of sp³-hybridized carbons (Fsp3) is 0.182. The Hall–Kier alpha value is -2.35. The van der Waals surface area contributed by atoms with Crippen LogP contribution in [0.1, 0.15) is 5.56 Å². The number of hydrogen-bond acceptors (Lipinski definition) is 4. The Morgan fingerprint density at radius 3 is 2.75 bits per heavy atom. The van der Waals surface area contributed by atoms with E-state index in [1.54, 1.807) is 24.0 Å². The summed E-state index contributed by atoms with van der Waals surface area (Å²) in [7, 11) is 3.60. The number of pyridine rings is 1. The molecule has 80 valence electrons. The van der Waals surface area contributed by atoms with Gasteiger partial charge in [-0.3, -0.25) is 4.68 Å². The molecular weight excluding hydrogens is 202 g/mol. The number of nitrogens with zero attached hydrogens (tertiary/aromatic N) is 4. The van der Waals surface area contributed by atoms with Crippen LogP contribution in [0.3, 0.4) is 0 Å². The summed E-state index contributed by atoms with van der Waals surface area (Å²) < 4.78 is 1.74. The van der Waals surface area contributed by atoms with Gasteiger partial charge in [-0.05, 0) is 18.2 Å². The first-order chi connectivity index (χ1) is 7.76. The van der Waals surface area contributed by atoms with Crippen LogP contribution in [0, 0.1) is 11.3 Å². The van der Waals surface area contributed by atoms with Crippen molar-refractivity contribution in [1.29, 1.82) is 5.26 Å². The number of hydrogen-bond donors (Lipinski definition) is 1. The Kier molecular flexibility index (Phi) is 2.56. The predicted octanol–water partition coefficient (Wildman–Crippen LogP) is 1.40. The third-order valence-electron chi connectivity index (χ3n) is 2.34. The standard InChI is InChI=1S/C11H11N5/c1-13-11-8(7-12)3-4-9(15-11)10-5-6-14-16(10)2/h3-6H,1-2H3,(H,13,15). The maximum atomic E-state index is 8.88. The van der Waals surface area contributed by atoms with Crippen LogP contribution in [-0.4, -0.2) is 21.8 Å². The second kappa shape index (κ2) is 4.03. The van der Waals surface area contributed by atoms with E-state index in [4.69, 9.17) is 5.26 Å². The van der Waals surface area contributed by atoms with Gasteiger partial charge in [0.05, 0.1) is 17.0 Å². The van der Waals surface area contributed by atoms with Crippen molar-refractivity contribution < 1.29 is 0 Å². The first kappa shape index (κ1) is 10.2. The number of aryl methyl sites for hydroxylation is 1. The Labute approximate surface area is 93.4 Å². The van der Waals surface area contributed by atoms with Crippen LogP contribution in [0.5, 0.6) is 0 Å². The minimum Gasteiger partial charge on any atom is -0.372 e. The normalized spacial score (nSPS) is 9.81. The van der Waals surface area contributed by atoms with E-state index in [-0.39, 0.29) is 0 Å². The zero-order valence-corrected chi connectivity index (χ0v) is 9.10. The van der Waals surface area contributed by atoms with Crippen molar-refractivity contribution in [3.05, 3.63) is 30.0 Å². The molecule has 2 heterocycles. The molecule has 0 aliphatic carbocycles. The summed E-state index contributed by atoms with van der Waals surface area (Å²) in [6.45, 7) is 0. The Morgan fingerprint density at radius 1 is 1.38 bits per heavy atom. The smallest absolute Gasteiger partial charge is 0.144 e. The molecular formula is C11H11N5. The topological polar surface area (TPSA) is 66.5 Å². The van der Waals surface area contributed by atoms with E-state index >= 15 is 0 Å². The molecule has 2 aromatic rings. The van der Waals surface area contributed by atoms with Gasteiger partial charge in [0.1, 0.15) is 11.9 Å². The highest BCUT2D eigenvalue weighted by molar-refractivity contribution is 5.61. The number of anilines is 1. The van der Waals surface area contributed by atoms with Gasteiger partial charge in [-0.2, -0.15) is 10.4 Å². The van der Waals surface area contributed by atoms with Crippen LogP contribution in [-0.2, 0) is 7.05 Å². The molecule has 0 saturated heterocycles. The van der Waals surface area contributed by atoms with E-state index in [2.05, 4.69) is 21.5 Å². The third kappa shape index (κ3) is 1.61. The largest absolute Gasteiger partial charge is 0.372 e. The molecule has 0 atom stereocenters. The highest BCUT2D eigenvalue weighted by atomic mass is 15.3. The van der Waals surface area contributed by atoms with E-state index in [9.17, 15) is 0 Å². The van der Waals surface area contributed by atoms with Crippen molar-refractivity contribution in [2.45, 2.75) is 0 Å². The molecule has 0 aliphatic heterocycles. The van der Waals surface area contributed by atoms with Crippen molar-refractivity contribution in [2.75, 3.05) is 12.4 Å². The molecule has 0 fully saturated rings. The molecule has 0 unspecified atom stereocenters. The van der Waals surface area contributed by atoms with Crippen LogP contribution in [0.4, 0.5) is 5.82 Å². The number of nitriles is 1. The molecule has 0 aromatic carbocycles. The minimum absolute atomic E-state index is 0.536. The van der Waals surface area contributed by atoms with Gasteiger partial charge in [0.15, 0.2) is 0 Å². The summed E-state index contributed by atoms with van der Waals surface area (Å²) in [5, 5.41) is 15.9. The monoisotopic (exact) mass is 213 g/mol. The lowest BCUT2D eigenvalue weighted by Crippen LogP contribution is -2.00. The van der Waals surface area contributed by atoms with Crippen LogP contribution >= 0.6 is 0 Å². The van der Waals surface area contributed by atoms with Gasteiger partial charge < -0.3 is 5.32 Å². The molecule has 0 radical (unpaired) electrons. The first-order valence-electron chi connectivity index (χ1n) is 4.83. The Morgan fingerprint density at radius 2 is 2.19 bits per heavy atom. The number of nitrogens with one attached hydrogen (secondary N) is 1. The van der Waals surface area contributed by atoms with Gasteiger partial charge in [0.2, 0.25) is 0 Å². The molecule has 0 spiro atoms. The van der Waals surface area contributed by atoms with Crippen molar-refractivity contribution >= 4 is 5.82 Å². The summed E-state index contributed by atoms with van der Waals surface area (Å²) in [6, 6.07) is 7.54. The second-order valence-electron chi connectivity index (χ2n) is 3.29. The van der Waals surface area contributed by atoms with Gasteiger partial charge in [-0.15, -0.1) is 0 Å². The summed E-state index contributed by atoms with van der Waals surface area (Å²) in [5.74, 6) is 0.584. The molecule has 1 N–H and O–H groups in total. The highest BCUT2D eigenvalue weighted by Gasteiger charge is 2.07. The van der Waals surface area contributed by atoms with Crippen molar-refractivity contribution in [2.24, 2.45) is 7.05 Å². The van der Waals surface area contributed by atoms with E-state index in [1.807, 2.05) is 19.2 Å². The van der Waals surface area contributed by atoms with Crippen molar-refractivity contribution in [3.8, 4) is 17.5 Å². The van der Waals surface area contributed by atoms with Crippen LogP contribution < -0.4 is 5.32 Å². The van der Waals surface area contributed by atoms with Gasteiger partial charge in [0, 0.05) is 20.3 Å². The maximum Gasteiger partial charge on any atom is 0.144 e. The Bertz CT molecular complexity index is 550. The average molecular weight is 213 g/mol. The van der Waals surface area contributed by atoms with Gasteiger partial charge in [-0.25, -0.2) is 4.98 Å². The summed E-state index contributed by atoms with van der Waals surface area (Å²) in [4.78, 5) is 4.37. The fourth-order valence-electron chi connectivity index (χ4n) is 1.51. The molecule has 0 saturated carbocycles. The zero-order chi connectivity index (χ0) is 11.5. The lowest BCUT2D eigenvalue weighted by molar-refractivity contribution is 0.773. The molecule has 2 aromatic heterocycles. The quantitative estimate of drug-likeness (QED) is 0.818. The van der Waals surface area contributed by atoms with Crippen LogP contribution in [0.25, 0.3) is 11.4 Å². The minimum atomic E-state index is 0.536. The summed E-state index contributed by atoms with van der Waals surface area (Å²) in [5.41, 5.74) is 2.25. The van der Waals surface area contributed by atoms with Gasteiger partial charge >= 0.3 is 0 Å². The average Bonchev–Trinajstić information content (AvgIpc) is 2.74. The molecule has 0 aliphatic rings. The molecule has 0 bridgehead atoms. The maximum absolute atomic E-state index is 8.88. The van der Waals surface area contributed by atoms with Gasteiger partial charge in [-0.1, -0.05) is 0 Å². The first-order valence-corrected chi connectivity index (χ1v) is 4.83. The molecule has 5 heteroatoms. The Balaban J connectivity index is 2.53. The van der Waals surface area contributed by atoms with E-state index in [0.29, 0.717) is 11.4 Å². The number of aromatic nitrogens is 3. The van der Waals surface area contributed by atoms with E-state index < -0.39 is 0 Å². The van der Waals surface area contributed by atoms with Gasteiger partial charge in [0.25, 0.3) is 0 Å². The highest BCUT2D eigenvalue weighted by Crippen LogP contribution is 2.20. The molecule has 5 nitrogen and oxygen atoms in total. The lowest BCUT2D eigenvalue weighted by atomic mass is 10.2. The number of rotatable bonds is 2. The fourth-order valence-corrected chi connectivity index (χ4v) is 1.51. The second-order valence-corrected chi connectivity index (χ2v) is 3.29. The third-order valence-corrected chi connectivity index (χ3v) is 2.34.